The number of aryl methyl sites for hydroxylation is 1. The molecule has 3 aromatic heterocycles. The minimum absolute atomic E-state index is 0.159. The first-order valence-corrected chi connectivity index (χ1v) is 8.55. The second-order valence-electron chi connectivity index (χ2n) is 6.25. The second-order valence-corrected chi connectivity index (χ2v) is 6.25. The molecule has 0 aliphatic carbocycles. The van der Waals surface area contributed by atoms with Crippen molar-refractivity contribution in [2.24, 2.45) is 0 Å². The third-order valence-corrected chi connectivity index (χ3v) is 4.49. The van der Waals surface area contributed by atoms with Gasteiger partial charge < -0.3 is 4.90 Å². The molecule has 1 aliphatic rings. The van der Waals surface area contributed by atoms with Gasteiger partial charge in [0.2, 0.25) is 5.95 Å². The van der Waals surface area contributed by atoms with Crippen LogP contribution in [0.2, 0.25) is 0 Å². The summed E-state index contributed by atoms with van der Waals surface area (Å²) in [6, 6.07) is 7.00. The summed E-state index contributed by atoms with van der Waals surface area (Å²) in [6.07, 6.45) is 7.09. The largest absolute Gasteiger partial charge is 0.341 e. The second kappa shape index (κ2) is 6.51. The lowest BCUT2D eigenvalue weighted by Crippen LogP contribution is -2.31. The Hall–Kier alpha value is -2.96. The first-order valence-electron chi connectivity index (χ1n) is 8.55. The van der Waals surface area contributed by atoms with Crippen LogP contribution in [0.1, 0.15) is 25.0 Å². The molecule has 4 heterocycles. The number of nitrogens with one attached hydrogen (secondary N) is 1. The molecule has 0 radical (unpaired) electrons. The van der Waals surface area contributed by atoms with E-state index in [0.717, 1.165) is 30.3 Å². The fourth-order valence-corrected chi connectivity index (χ4v) is 3.16. The summed E-state index contributed by atoms with van der Waals surface area (Å²) in [6.45, 7) is 3.96. The maximum Gasteiger partial charge on any atom is 0.273 e. The van der Waals surface area contributed by atoms with Gasteiger partial charge in [0.25, 0.3) is 5.56 Å². The molecule has 128 valence electrons. The van der Waals surface area contributed by atoms with E-state index in [1.54, 1.807) is 24.5 Å². The van der Waals surface area contributed by atoms with Gasteiger partial charge in [-0.15, -0.1) is 0 Å². The summed E-state index contributed by atoms with van der Waals surface area (Å²) in [5, 5.41) is 3.10. The number of nitrogens with zero attached hydrogens (tertiary/aromatic N) is 5. The van der Waals surface area contributed by atoms with Gasteiger partial charge in [0.05, 0.1) is 11.4 Å². The highest BCUT2D eigenvalue weighted by Gasteiger charge is 2.16. The molecule has 0 atom stereocenters. The van der Waals surface area contributed by atoms with E-state index in [0.29, 0.717) is 11.5 Å². The van der Waals surface area contributed by atoms with Gasteiger partial charge in [0, 0.05) is 37.1 Å². The number of pyridine rings is 1. The lowest BCUT2D eigenvalue weighted by molar-refractivity contribution is 0.568. The number of piperidine rings is 1. The number of aromatic amines is 1. The molecular formula is C18H20N6O. The highest BCUT2D eigenvalue weighted by molar-refractivity contribution is 5.61. The Bertz CT molecular complexity index is 924. The zero-order valence-electron chi connectivity index (χ0n) is 14.1. The van der Waals surface area contributed by atoms with Crippen LogP contribution in [0.3, 0.4) is 0 Å². The van der Waals surface area contributed by atoms with Gasteiger partial charge >= 0.3 is 0 Å². The molecule has 0 amide bonds. The fraction of sp³-hybridized carbons (Fsp3) is 0.333. The Morgan fingerprint density at radius 2 is 1.96 bits per heavy atom. The van der Waals surface area contributed by atoms with E-state index in [4.69, 9.17) is 0 Å². The first kappa shape index (κ1) is 15.6. The van der Waals surface area contributed by atoms with Crippen LogP contribution in [0.25, 0.3) is 17.1 Å². The smallest absolute Gasteiger partial charge is 0.273 e. The van der Waals surface area contributed by atoms with Gasteiger partial charge in [0.15, 0.2) is 5.82 Å². The maximum absolute atomic E-state index is 12.3. The molecule has 0 saturated carbocycles. The first-order chi connectivity index (χ1) is 12.2. The summed E-state index contributed by atoms with van der Waals surface area (Å²) in [4.78, 5) is 27.9. The van der Waals surface area contributed by atoms with E-state index < -0.39 is 0 Å². The van der Waals surface area contributed by atoms with Crippen LogP contribution in [0.5, 0.6) is 0 Å². The van der Waals surface area contributed by atoms with Crippen molar-refractivity contribution in [2.75, 3.05) is 18.0 Å². The molecular weight excluding hydrogens is 316 g/mol. The highest BCUT2D eigenvalue weighted by Crippen LogP contribution is 2.22. The molecule has 1 N–H and O–H groups in total. The third-order valence-electron chi connectivity index (χ3n) is 4.49. The molecule has 3 aromatic rings. The summed E-state index contributed by atoms with van der Waals surface area (Å²) in [5.74, 6) is 1.33. The molecule has 0 bridgehead atoms. The van der Waals surface area contributed by atoms with Crippen molar-refractivity contribution < 1.29 is 0 Å². The van der Waals surface area contributed by atoms with E-state index in [9.17, 15) is 4.79 Å². The molecule has 4 rings (SSSR count). The molecule has 7 nitrogen and oxygen atoms in total. The number of aromatic nitrogens is 5. The summed E-state index contributed by atoms with van der Waals surface area (Å²) >= 11 is 0. The predicted octanol–water partition coefficient (Wildman–Crippen LogP) is 2.32. The Kier molecular flexibility index (Phi) is 4.05. The molecule has 0 aromatic carbocycles. The molecule has 0 spiro atoms. The Balaban J connectivity index is 1.67. The van der Waals surface area contributed by atoms with Crippen LogP contribution in [0, 0.1) is 6.92 Å². The minimum Gasteiger partial charge on any atom is -0.341 e. The van der Waals surface area contributed by atoms with Gasteiger partial charge in [-0.2, -0.15) is 0 Å². The van der Waals surface area contributed by atoms with E-state index in [1.807, 2.05) is 19.1 Å². The zero-order valence-corrected chi connectivity index (χ0v) is 14.1. The molecule has 0 unspecified atom stereocenters. The molecule has 25 heavy (non-hydrogen) atoms. The van der Waals surface area contributed by atoms with Gasteiger partial charge in [-0.05, 0) is 38.3 Å². The average molecular weight is 336 g/mol. The molecule has 1 saturated heterocycles. The van der Waals surface area contributed by atoms with Crippen LogP contribution >= 0.6 is 0 Å². The number of rotatable bonds is 3. The highest BCUT2D eigenvalue weighted by atomic mass is 16.1. The van der Waals surface area contributed by atoms with Gasteiger partial charge in [-0.25, -0.2) is 19.6 Å². The summed E-state index contributed by atoms with van der Waals surface area (Å²) in [5.41, 5.74) is 2.21. The van der Waals surface area contributed by atoms with Crippen LogP contribution in [0.4, 0.5) is 5.95 Å². The van der Waals surface area contributed by atoms with E-state index in [2.05, 4.69) is 25.0 Å². The number of anilines is 1. The lowest BCUT2D eigenvalue weighted by Gasteiger charge is -2.26. The number of hydrogen-bond donors (Lipinski definition) is 1. The lowest BCUT2D eigenvalue weighted by atomic mass is 10.1. The fourth-order valence-electron chi connectivity index (χ4n) is 3.16. The third kappa shape index (κ3) is 3.05. The van der Waals surface area contributed by atoms with Crippen molar-refractivity contribution in [3.05, 3.63) is 52.7 Å². The van der Waals surface area contributed by atoms with Crippen molar-refractivity contribution in [2.45, 2.75) is 26.2 Å². The molecule has 7 heteroatoms. The minimum atomic E-state index is -0.159. The Morgan fingerprint density at radius 1 is 1.12 bits per heavy atom. The van der Waals surface area contributed by atoms with Crippen LogP contribution in [-0.2, 0) is 0 Å². The van der Waals surface area contributed by atoms with Crippen molar-refractivity contribution in [1.82, 2.24) is 24.7 Å². The standard InChI is InChI=1S/C18H20N6O/c1-13-14(12-20-18(21-13)23-9-5-2-6-10-23)15-11-17(25)24(22-15)16-7-3-4-8-19-16/h3-4,7-8,11-12,22H,2,5-6,9-10H2,1H3. The van der Waals surface area contributed by atoms with Gasteiger partial charge in [-0.1, -0.05) is 6.07 Å². The van der Waals surface area contributed by atoms with Crippen molar-refractivity contribution in [3.8, 4) is 17.1 Å². The van der Waals surface area contributed by atoms with Crippen LogP contribution < -0.4 is 10.5 Å². The SMILES string of the molecule is Cc1nc(N2CCCCC2)ncc1-c1cc(=O)n(-c2ccccn2)[nH]1. The van der Waals surface area contributed by atoms with Gasteiger partial charge in [0.1, 0.15) is 0 Å². The predicted molar refractivity (Wildman–Crippen MR) is 96.0 cm³/mol. The van der Waals surface area contributed by atoms with E-state index >= 15 is 0 Å². The van der Waals surface area contributed by atoms with Crippen LogP contribution in [0.15, 0.2) is 41.5 Å². The topological polar surface area (TPSA) is 79.7 Å². The molecule has 1 fully saturated rings. The monoisotopic (exact) mass is 336 g/mol. The quantitative estimate of drug-likeness (QED) is 0.794. The van der Waals surface area contributed by atoms with Crippen LogP contribution in [-0.4, -0.2) is 37.8 Å². The van der Waals surface area contributed by atoms with E-state index in [1.165, 1.54) is 23.9 Å². The normalized spacial score (nSPS) is 14.7. The van der Waals surface area contributed by atoms with Gasteiger partial charge in [-0.3, -0.25) is 9.89 Å². The van der Waals surface area contributed by atoms with E-state index in [-0.39, 0.29) is 5.56 Å². The van der Waals surface area contributed by atoms with Crippen molar-refractivity contribution >= 4 is 5.95 Å². The van der Waals surface area contributed by atoms with Crippen molar-refractivity contribution in [3.63, 3.8) is 0 Å². The number of hydrogen-bond acceptors (Lipinski definition) is 5. The Labute approximate surface area is 145 Å². The maximum atomic E-state index is 12.3. The molecule has 1 aliphatic heterocycles. The Morgan fingerprint density at radius 3 is 2.68 bits per heavy atom. The number of H-pyrrole nitrogens is 1. The summed E-state index contributed by atoms with van der Waals surface area (Å²) in [7, 11) is 0. The summed E-state index contributed by atoms with van der Waals surface area (Å²) < 4.78 is 1.42. The average Bonchev–Trinajstić information content (AvgIpc) is 3.04. The zero-order chi connectivity index (χ0) is 17.2. The van der Waals surface area contributed by atoms with Crippen molar-refractivity contribution in [1.29, 1.82) is 0 Å².